The summed E-state index contributed by atoms with van der Waals surface area (Å²) in [5, 5.41) is 3.12. The fourth-order valence-corrected chi connectivity index (χ4v) is 3.22. The molecule has 0 aromatic heterocycles. The highest BCUT2D eigenvalue weighted by Crippen LogP contribution is 2.27. The quantitative estimate of drug-likeness (QED) is 0.711. The van der Waals surface area contributed by atoms with Gasteiger partial charge in [-0.3, -0.25) is 4.79 Å². The van der Waals surface area contributed by atoms with Gasteiger partial charge in [0.05, 0.1) is 0 Å². The fourth-order valence-electron chi connectivity index (χ4n) is 3.22. The summed E-state index contributed by atoms with van der Waals surface area (Å²) < 4.78 is 0. The van der Waals surface area contributed by atoms with E-state index in [0.717, 1.165) is 38.3 Å². The first-order chi connectivity index (χ1) is 9.15. The molecule has 0 radical (unpaired) electrons. The third kappa shape index (κ3) is 6.95. The maximum absolute atomic E-state index is 11.8. The van der Waals surface area contributed by atoms with E-state index in [0.29, 0.717) is 18.3 Å². The van der Waals surface area contributed by atoms with Crippen molar-refractivity contribution in [2.75, 3.05) is 13.1 Å². The van der Waals surface area contributed by atoms with Crippen molar-refractivity contribution in [2.45, 2.75) is 65.2 Å². The normalized spacial score (nSPS) is 25.0. The molecule has 1 aliphatic rings. The molecule has 3 unspecified atom stereocenters. The van der Waals surface area contributed by atoms with Gasteiger partial charge < -0.3 is 11.1 Å². The molecule has 19 heavy (non-hydrogen) atoms. The first-order valence-corrected chi connectivity index (χ1v) is 8.12. The molecule has 1 aliphatic carbocycles. The van der Waals surface area contributed by atoms with Gasteiger partial charge in [0.15, 0.2) is 0 Å². The van der Waals surface area contributed by atoms with Crippen LogP contribution in [0.5, 0.6) is 0 Å². The Labute approximate surface area is 118 Å². The van der Waals surface area contributed by atoms with E-state index in [1.165, 1.54) is 25.7 Å². The minimum Gasteiger partial charge on any atom is -0.356 e. The van der Waals surface area contributed by atoms with E-state index in [4.69, 9.17) is 5.73 Å². The highest BCUT2D eigenvalue weighted by atomic mass is 16.1. The summed E-state index contributed by atoms with van der Waals surface area (Å²) in [4.78, 5) is 11.8. The maximum atomic E-state index is 11.8. The Morgan fingerprint density at radius 3 is 2.79 bits per heavy atom. The van der Waals surface area contributed by atoms with E-state index in [9.17, 15) is 4.79 Å². The predicted molar refractivity (Wildman–Crippen MR) is 80.8 cm³/mol. The van der Waals surface area contributed by atoms with Gasteiger partial charge in [-0.05, 0) is 50.0 Å². The summed E-state index contributed by atoms with van der Waals surface area (Å²) in [5.41, 5.74) is 5.58. The fraction of sp³-hybridized carbons (Fsp3) is 0.938. The number of hydrogen-bond donors (Lipinski definition) is 2. The van der Waals surface area contributed by atoms with Crippen LogP contribution in [0.2, 0.25) is 0 Å². The molecule has 0 aromatic rings. The lowest BCUT2D eigenvalue weighted by atomic mass is 9.82. The number of nitrogens with two attached hydrogens (primary N) is 1. The van der Waals surface area contributed by atoms with Gasteiger partial charge in [0.1, 0.15) is 0 Å². The van der Waals surface area contributed by atoms with Crippen LogP contribution in [0.25, 0.3) is 0 Å². The second-order valence-electron chi connectivity index (χ2n) is 6.33. The van der Waals surface area contributed by atoms with E-state index in [1.54, 1.807) is 0 Å². The van der Waals surface area contributed by atoms with E-state index in [2.05, 4.69) is 19.2 Å². The summed E-state index contributed by atoms with van der Waals surface area (Å²) in [6.07, 6.45) is 9.09. The van der Waals surface area contributed by atoms with Crippen molar-refractivity contribution in [3.8, 4) is 0 Å². The van der Waals surface area contributed by atoms with Crippen molar-refractivity contribution in [3.63, 3.8) is 0 Å². The van der Waals surface area contributed by atoms with Crippen LogP contribution in [0.3, 0.4) is 0 Å². The molecule has 1 rings (SSSR count). The average Bonchev–Trinajstić information content (AvgIpc) is 2.41. The zero-order valence-electron chi connectivity index (χ0n) is 12.8. The minimum absolute atomic E-state index is 0.230. The number of rotatable bonds is 8. The van der Waals surface area contributed by atoms with Gasteiger partial charge in [-0.2, -0.15) is 0 Å². The maximum Gasteiger partial charge on any atom is 0.220 e. The molecule has 3 N–H and O–H groups in total. The van der Waals surface area contributed by atoms with Crippen LogP contribution in [0, 0.1) is 17.8 Å². The molecule has 0 aromatic carbocycles. The largest absolute Gasteiger partial charge is 0.356 e. The summed E-state index contributed by atoms with van der Waals surface area (Å²) in [5.74, 6) is 2.39. The summed E-state index contributed by atoms with van der Waals surface area (Å²) >= 11 is 0. The van der Waals surface area contributed by atoms with Crippen LogP contribution in [0.15, 0.2) is 0 Å². The molecule has 0 saturated heterocycles. The Balaban J connectivity index is 2.13. The van der Waals surface area contributed by atoms with Crippen molar-refractivity contribution < 1.29 is 4.79 Å². The highest BCUT2D eigenvalue weighted by molar-refractivity contribution is 5.75. The third-order valence-corrected chi connectivity index (χ3v) is 4.56. The lowest BCUT2D eigenvalue weighted by Crippen LogP contribution is -2.31. The van der Waals surface area contributed by atoms with Gasteiger partial charge in [-0.1, -0.05) is 33.1 Å². The third-order valence-electron chi connectivity index (χ3n) is 4.56. The predicted octanol–water partition coefficient (Wildman–Crippen LogP) is 3.08. The Kier molecular flexibility index (Phi) is 8.11. The van der Waals surface area contributed by atoms with Crippen LogP contribution >= 0.6 is 0 Å². The van der Waals surface area contributed by atoms with E-state index in [1.807, 2.05) is 0 Å². The molecule has 3 nitrogen and oxygen atoms in total. The molecule has 0 spiro atoms. The zero-order valence-corrected chi connectivity index (χ0v) is 12.8. The number of carbonyl (C=O) groups is 1. The van der Waals surface area contributed by atoms with Gasteiger partial charge in [-0.15, -0.1) is 0 Å². The van der Waals surface area contributed by atoms with Crippen molar-refractivity contribution in [2.24, 2.45) is 23.5 Å². The Morgan fingerprint density at radius 2 is 2.16 bits per heavy atom. The number of amides is 1. The zero-order chi connectivity index (χ0) is 14.1. The average molecular weight is 268 g/mol. The molecular weight excluding hydrogens is 236 g/mol. The molecule has 1 saturated carbocycles. The molecule has 112 valence electrons. The van der Waals surface area contributed by atoms with Crippen molar-refractivity contribution in [1.82, 2.24) is 5.32 Å². The van der Waals surface area contributed by atoms with E-state index >= 15 is 0 Å². The van der Waals surface area contributed by atoms with Gasteiger partial charge >= 0.3 is 0 Å². The molecular formula is C16H32N2O. The molecule has 0 aliphatic heterocycles. The molecule has 1 fully saturated rings. The van der Waals surface area contributed by atoms with Gasteiger partial charge in [-0.25, -0.2) is 0 Å². The van der Waals surface area contributed by atoms with Crippen LogP contribution in [0.1, 0.15) is 65.2 Å². The van der Waals surface area contributed by atoms with Crippen molar-refractivity contribution in [1.29, 1.82) is 0 Å². The first-order valence-electron chi connectivity index (χ1n) is 8.12. The topological polar surface area (TPSA) is 55.1 Å². The van der Waals surface area contributed by atoms with Crippen LogP contribution in [0.4, 0.5) is 0 Å². The van der Waals surface area contributed by atoms with Crippen LogP contribution in [-0.4, -0.2) is 19.0 Å². The second-order valence-corrected chi connectivity index (χ2v) is 6.33. The molecule has 3 heteroatoms. The van der Waals surface area contributed by atoms with E-state index < -0.39 is 0 Å². The Bertz CT molecular complexity index is 255. The SMILES string of the molecule is CCC(CCN)CCC(=O)NCC1CCCC(C)C1. The lowest BCUT2D eigenvalue weighted by Gasteiger charge is -2.26. The molecule has 0 bridgehead atoms. The van der Waals surface area contributed by atoms with Crippen molar-refractivity contribution >= 4 is 5.91 Å². The summed E-state index contributed by atoms with van der Waals surface area (Å²) in [7, 11) is 0. The monoisotopic (exact) mass is 268 g/mol. The highest BCUT2D eigenvalue weighted by Gasteiger charge is 2.19. The van der Waals surface area contributed by atoms with Gasteiger partial charge in [0.25, 0.3) is 0 Å². The van der Waals surface area contributed by atoms with Crippen LogP contribution < -0.4 is 11.1 Å². The van der Waals surface area contributed by atoms with Crippen LogP contribution in [-0.2, 0) is 4.79 Å². The number of carbonyl (C=O) groups excluding carboxylic acids is 1. The smallest absolute Gasteiger partial charge is 0.220 e. The van der Waals surface area contributed by atoms with E-state index in [-0.39, 0.29) is 5.91 Å². The molecule has 1 amide bonds. The molecule has 3 atom stereocenters. The Hall–Kier alpha value is -0.570. The van der Waals surface area contributed by atoms with Crippen molar-refractivity contribution in [3.05, 3.63) is 0 Å². The second kappa shape index (κ2) is 9.35. The minimum atomic E-state index is 0.230. The number of hydrogen-bond acceptors (Lipinski definition) is 2. The first kappa shape index (κ1) is 16.5. The molecule has 0 heterocycles. The standard InChI is InChI=1S/C16H32N2O/c1-3-14(9-10-17)7-8-16(19)18-12-15-6-4-5-13(2)11-15/h13-15H,3-12,17H2,1-2H3,(H,18,19). The number of nitrogens with one attached hydrogen (secondary N) is 1. The summed E-state index contributed by atoms with van der Waals surface area (Å²) in [6, 6.07) is 0. The Morgan fingerprint density at radius 1 is 1.37 bits per heavy atom. The van der Waals surface area contributed by atoms with Gasteiger partial charge in [0, 0.05) is 13.0 Å². The lowest BCUT2D eigenvalue weighted by molar-refractivity contribution is -0.121. The van der Waals surface area contributed by atoms with Gasteiger partial charge in [0.2, 0.25) is 5.91 Å². The summed E-state index contributed by atoms with van der Waals surface area (Å²) in [6.45, 7) is 6.13.